The summed E-state index contributed by atoms with van der Waals surface area (Å²) in [6.07, 6.45) is 7.99. The number of ether oxygens (including phenoxy) is 2. The lowest BCUT2D eigenvalue weighted by Gasteiger charge is -2.16. The molecule has 2 N–H and O–H groups in total. The molecule has 3 aromatic rings. The third-order valence-electron chi connectivity index (χ3n) is 6.38. The normalized spacial score (nSPS) is 14.9. The van der Waals surface area contributed by atoms with E-state index >= 15 is 0 Å². The predicted octanol–water partition coefficient (Wildman–Crippen LogP) is 5.87. The van der Waals surface area contributed by atoms with Crippen molar-refractivity contribution in [2.24, 2.45) is 0 Å². The van der Waals surface area contributed by atoms with Crippen molar-refractivity contribution in [2.75, 3.05) is 14.2 Å². The van der Waals surface area contributed by atoms with E-state index in [1.54, 1.807) is 14.2 Å². The summed E-state index contributed by atoms with van der Waals surface area (Å²) < 4.78 is 10.9. The van der Waals surface area contributed by atoms with Gasteiger partial charge >= 0.3 is 0 Å². The van der Waals surface area contributed by atoms with Crippen molar-refractivity contribution < 1.29 is 14.3 Å². The van der Waals surface area contributed by atoms with Crippen LogP contribution < -0.4 is 14.8 Å². The Morgan fingerprint density at radius 3 is 2.42 bits per heavy atom. The summed E-state index contributed by atoms with van der Waals surface area (Å²) in [5.74, 6) is 1.44. The summed E-state index contributed by atoms with van der Waals surface area (Å²) >= 11 is 0. The average molecular weight is 421 g/mol. The molecule has 164 valence electrons. The fourth-order valence-corrected chi connectivity index (χ4v) is 4.69. The van der Waals surface area contributed by atoms with E-state index < -0.39 is 0 Å². The Hall–Kier alpha value is -2.95. The minimum absolute atomic E-state index is 0.0321. The zero-order valence-corrected chi connectivity index (χ0v) is 18.7. The Bertz CT molecular complexity index is 1060. The summed E-state index contributed by atoms with van der Waals surface area (Å²) in [5.41, 5.74) is 5.05. The topological polar surface area (TPSA) is 63.4 Å². The molecule has 0 unspecified atom stereocenters. The molecule has 0 atom stereocenters. The highest BCUT2D eigenvalue weighted by atomic mass is 16.5. The van der Waals surface area contributed by atoms with E-state index in [1.807, 2.05) is 36.4 Å². The SMILES string of the molecule is CCc1c(-c2ccc(OC)c(OC)c2)[nH]c2ccc(C(=O)NC3CCCCCC3)cc12. The molecule has 0 spiro atoms. The molecule has 1 saturated carbocycles. The minimum atomic E-state index is 0.0321. The number of carbonyl (C=O) groups is 1. The maximum atomic E-state index is 12.9. The van der Waals surface area contributed by atoms with Crippen molar-refractivity contribution in [2.45, 2.75) is 57.9 Å². The number of nitrogens with one attached hydrogen (secondary N) is 2. The second-order valence-corrected chi connectivity index (χ2v) is 8.32. The molecule has 1 amide bonds. The number of aromatic amines is 1. The Labute approximate surface area is 184 Å². The number of aromatic nitrogens is 1. The van der Waals surface area contributed by atoms with Crippen molar-refractivity contribution in [1.82, 2.24) is 10.3 Å². The molecule has 0 saturated heterocycles. The molecule has 0 bridgehead atoms. The number of carbonyl (C=O) groups excluding carboxylic acids is 1. The molecule has 1 aliphatic carbocycles. The Morgan fingerprint density at radius 1 is 1.00 bits per heavy atom. The van der Waals surface area contributed by atoms with Crippen LogP contribution in [0.1, 0.15) is 61.4 Å². The molecule has 1 fully saturated rings. The molecule has 5 nitrogen and oxygen atoms in total. The highest BCUT2D eigenvalue weighted by molar-refractivity contribution is 6.00. The van der Waals surface area contributed by atoms with Gasteiger partial charge in [0.05, 0.1) is 14.2 Å². The van der Waals surface area contributed by atoms with Crippen LogP contribution in [0.2, 0.25) is 0 Å². The Kier molecular flexibility index (Phi) is 6.50. The number of amides is 1. The van der Waals surface area contributed by atoms with Crippen molar-refractivity contribution in [3.8, 4) is 22.8 Å². The molecule has 4 rings (SSSR count). The van der Waals surface area contributed by atoms with Crippen LogP contribution in [0.4, 0.5) is 0 Å². The van der Waals surface area contributed by atoms with Gasteiger partial charge in [-0.3, -0.25) is 4.79 Å². The van der Waals surface area contributed by atoms with E-state index in [4.69, 9.17) is 9.47 Å². The summed E-state index contributed by atoms with van der Waals surface area (Å²) in [5, 5.41) is 4.36. The van der Waals surface area contributed by atoms with Crippen LogP contribution in [0.5, 0.6) is 11.5 Å². The van der Waals surface area contributed by atoms with Gasteiger partial charge in [0.2, 0.25) is 0 Å². The summed E-state index contributed by atoms with van der Waals surface area (Å²) in [7, 11) is 3.28. The zero-order chi connectivity index (χ0) is 21.8. The number of H-pyrrole nitrogens is 1. The van der Waals surface area contributed by atoms with Crippen LogP contribution in [0.15, 0.2) is 36.4 Å². The maximum Gasteiger partial charge on any atom is 0.251 e. The van der Waals surface area contributed by atoms with Gasteiger partial charge < -0.3 is 19.8 Å². The lowest BCUT2D eigenvalue weighted by atomic mass is 10.0. The largest absolute Gasteiger partial charge is 0.493 e. The van der Waals surface area contributed by atoms with Gasteiger partial charge in [-0.1, -0.05) is 32.6 Å². The van der Waals surface area contributed by atoms with Crippen molar-refractivity contribution >= 4 is 16.8 Å². The van der Waals surface area contributed by atoms with Crippen LogP contribution in [0.3, 0.4) is 0 Å². The van der Waals surface area contributed by atoms with Gasteiger partial charge in [0.15, 0.2) is 11.5 Å². The Balaban J connectivity index is 1.66. The molecule has 1 heterocycles. The van der Waals surface area contributed by atoms with Crippen molar-refractivity contribution in [3.05, 3.63) is 47.5 Å². The number of methoxy groups -OCH3 is 2. The second kappa shape index (κ2) is 9.46. The fraction of sp³-hybridized carbons (Fsp3) is 0.423. The standard InChI is InChI=1S/C26H32N2O3/c1-4-20-21-15-18(26(29)27-19-9-7-5-6-8-10-19)11-13-22(21)28-25(20)17-12-14-23(30-2)24(16-17)31-3/h11-16,19,28H,4-10H2,1-3H3,(H,27,29). The van der Waals surface area contributed by atoms with E-state index in [-0.39, 0.29) is 5.91 Å². The van der Waals surface area contributed by atoms with Crippen LogP contribution in [-0.2, 0) is 6.42 Å². The van der Waals surface area contributed by atoms with Gasteiger partial charge in [0.1, 0.15) is 0 Å². The number of fused-ring (bicyclic) bond motifs is 1. The van der Waals surface area contributed by atoms with Crippen LogP contribution in [-0.4, -0.2) is 31.2 Å². The van der Waals surface area contributed by atoms with E-state index in [0.29, 0.717) is 17.5 Å². The number of hydrogen-bond acceptors (Lipinski definition) is 3. The molecule has 1 aliphatic rings. The molecular weight excluding hydrogens is 388 g/mol. The third kappa shape index (κ3) is 4.41. The van der Waals surface area contributed by atoms with Gasteiger partial charge in [-0.15, -0.1) is 0 Å². The predicted molar refractivity (Wildman–Crippen MR) is 125 cm³/mol. The number of hydrogen-bond donors (Lipinski definition) is 2. The zero-order valence-electron chi connectivity index (χ0n) is 18.7. The minimum Gasteiger partial charge on any atom is -0.493 e. The Morgan fingerprint density at radius 2 is 1.74 bits per heavy atom. The first-order chi connectivity index (χ1) is 15.1. The highest BCUT2D eigenvalue weighted by Gasteiger charge is 2.18. The molecule has 31 heavy (non-hydrogen) atoms. The van der Waals surface area contributed by atoms with Crippen LogP contribution >= 0.6 is 0 Å². The summed E-state index contributed by atoms with van der Waals surface area (Å²) in [6, 6.07) is 12.2. The lowest BCUT2D eigenvalue weighted by Crippen LogP contribution is -2.34. The number of benzene rings is 2. The second-order valence-electron chi connectivity index (χ2n) is 8.32. The molecule has 0 radical (unpaired) electrons. The van der Waals surface area contributed by atoms with Crippen molar-refractivity contribution in [3.63, 3.8) is 0 Å². The third-order valence-corrected chi connectivity index (χ3v) is 6.38. The molecule has 1 aromatic heterocycles. The monoisotopic (exact) mass is 420 g/mol. The van der Waals surface area contributed by atoms with E-state index in [0.717, 1.165) is 47.0 Å². The van der Waals surface area contributed by atoms with Crippen LogP contribution in [0.25, 0.3) is 22.2 Å². The first-order valence-corrected chi connectivity index (χ1v) is 11.3. The fourth-order valence-electron chi connectivity index (χ4n) is 4.69. The van der Waals surface area contributed by atoms with E-state index in [1.165, 1.54) is 31.2 Å². The molecule has 5 heteroatoms. The van der Waals surface area contributed by atoms with Gasteiger partial charge in [0.25, 0.3) is 5.91 Å². The van der Waals surface area contributed by atoms with Crippen LogP contribution in [0, 0.1) is 0 Å². The van der Waals surface area contributed by atoms with Gasteiger partial charge in [0, 0.05) is 33.8 Å². The van der Waals surface area contributed by atoms with E-state index in [9.17, 15) is 4.79 Å². The van der Waals surface area contributed by atoms with Gasteiger partial charge in [-0.2, -0.15) is 0 Å². The molecule has 2 aromatic carbocycles. The lowest BCUT2D eigenvalue weighted by molar-refractivity contribution is 0.0933. The summed E-state index contributed by atoms with van der Waals surface area (Å²) in [4.78, 5) is 16.5. The van der Waals surface area contributed by atoms with Gasteiger partial charge in [-0.05, 0) is 61.2 Å². The first kappa shape index (κ1) is 21.3. The first-order valence-electron chi connectivity index (χ1n) is 11.3. The average Bonchev–Trinajstić information content (AvgIpc) is 2.98. The van der Waals surface area contributed by atoms with E-state index in [2.05, 4.69) is 17.2 Å². The summed E-state index contributed by atoms with van der Waals surface area (Å²) in [6.45, 7) is 2.14. The van der Waals surface area contributed by atoms with Gasteiger partial charge in [-0.25, -0.2) is 0 Å². The number of rotatable bonds is 6. The highest BCUT2D eigenvalue weighted by Crippen LogP contribution is 2.36. The quantitative estimate of drug-likeness (QED) is 0.491. The molecule has 0 aliphatic heterocycles. The molecular formula is C26H32N2O3. The number of aryl methyl sites for hydroxylation is 1. The maximum absolute atomic E-state index is 12.9. The smallest absolute Gasteiger partial charge is 0.251 e. The van der Waals surface area contributed by atoms with Crippen molar-refractivity contribution in [1.29, 1.82) is 0 Å².